The van der Waals surface area contributed by atoms with Crippen LogP contribution in [-0.2, 0) is 4.79 Å². The topological polar surface area (TPSA) is 44.7 Å². The third-order valence-corrected chi connectivity index (χ3v) is 4.40. The zero-order valence-corrected chi connectivity index (χ0v) is 16.9. The predicted molar refractivity (Wildman–Crippen MR) is 114 cm³/mol. The Labute approximate surface area is 167 Å². The highest BCUT2D eigenvalue weighted by molar-refractivity contribution is 6.31. The van der Waals surface area contributed by atoms with Gasteiger partial charge in [0.25, 0.3) is 0 Å². The molecule has 1 N–H and O–H groups in total. The van der Waals surface area contributed by atoms with E-state index in [2.05, 4.69) is 24.4 Å². The maximum absolute atomic E-state index is 12.6. The molecule has 144 valence electrons. The van der Waals surface area contributed by atoms with E-state index in [0.717, 1.165) is 42.9 Å². The summed E-state index contributed by atoms with van der Waals surface area (Å²) in [4.78, 5) is 14.6. The monoisotopic (exact) mass is 385 g/mol. The summed E-state index contributed by atoms with van der Waals surface area (Å²) in [6.07, 6.45) is 2.93. The van der Waals surface area contributed by atoms with Crippen molar-refractivity contribution in [3.63, 3.8) is 0 Å². The zero-order valence-electron chi connectivity index (χ0n) is 16.1. The smallest absolute Gasteiger partial charge is 0.222 e. The molecule has 0 fully saturated rings. The molecule has 0 aromatic heterocycles. The second kappa shape index (κ2) is 11.4. The number of para-hydroxylation sites is 1. The van der Waals surface area contributed by atoms with Crippen molar-refractivity contribution in [2.75, 3.05) is 18.5 Å². The second-order valence-electron chi connectivity index (χ2n) is 6.43. The lowest BCUT2D eigenvalue weighted by molar-refractivity contribution is -0.131. The van der Waals surface area contributed by atoms with Crippen LogP contribution in [0.4, 0.5) is 5.69 Å². The third-order valence-electron chi connectivity index (χ3n) is 4.17. The Morgan fingerprint density at radius 2 is 1.70 bits per heavy atom. The van der Waals surface area contributed by atoms with E-state index in [-0.39, 0.29) is 5.91 Å². The molecule has 0 spiro atoms. The molecule has 0 saturated heterocycles. The highest BCUT2D eigenvalue weighted by atomic mass is 35.5. The van der Waals surface area contributed by atoms with E-state index in [9.17, 15) is 4.79 Å². The van der Waals surface area contributed by atoms with Crippen molar-refractivity contribution in [3.05, 3.63) is 65.2 Å². The van der Waals surface area contributed by atoms with Crippen molar-refractivity contribution in [1.82, 2.24) is 4.90 Å². The fourth-order valence-corrected chi connectivity index (χ4v) is 3.05. The minimum absolute atomic E-state index is 0.174. The molecule has 5 heteroatoms. The molecule has 0 radical (unpaired) electrons. The highest BCUT2D eigenvalue weighted by Crippen LogP contribution is 2.16. The van der Waals surface area contributed by atoms with Gasteiger partial charge in [-0.3, -0.25) is 10.2 Å². The first-order chi connectivity index (χ1) is 13.1. The molecule has 0 atom stereocenters. The van der Waals surface area contributed by atoms with Gasteiger partial charge in [0.1, 0.15) is 0 Å². The van der Waals surface area contributed by atoms with Gasteiger partial charge in [-0.1, -0.05) is 55.8 Å². The Hall–Kier alpha value is -2.33. The predicted octanol–water partition coefficient (Wildman–Crippen LogP) is 5.59. The van der Waals surface area contributed by atoms with Gasteiger partial charge in [-0.15, -0.1) is 0 Å². The van der Waals surface area contributed by atoms with E-state index in [1.165, 1.54) is 0 Å². The summed E-state index contributed by atoms with van der Waals surface area (Å²) in [6, 6.07) is 17.4. The summed E-state index contributed by atoms with van der Waals surface area (Å²) in [5.41, 5.74) is 5.74. The first-order valence-corrected chi connectivity index (χ1v) is 9.93. The molecule has 0 saturated carbocycles. The van der Waals surface area contributed by atoms with Gasteiger partial charge >= 0.3 is 0 Å². The van der Waals surface area contributed by atoms with Gasteiger partial charge in [-0.05, 0) is 42.7 Å². The van der Waals surface area contributed by atoms with Gasteiger partial charge in [0.2, 0.25) is 5.91 Å². The van der Waals surface area contributed by atoms with Crippen molar-refractivity contribution in [1.29, 1.82) is 0 Å². The average Bonchev–Trinajstić information content (AvgIpc) is 2.68. The SMILES string of the molecule is CCCN(CCC)C(=O)CC/C(=N/Nc1ccccc1)c1cccc(Cl)c1. The van der Waals surface area contributed by atoms with Crippen molar-refractivity contribution < 1.29 is 4.79 Å². The number of carbonyl (C=O) groups excluding carboxylic acids is 1. The van der Waals surface area contributed by atoms with E-state index in [4.69, 9.17) is 11.6 Å². The molecule has 0 unspecified atom stereocenters. The average molecular weight is 386 g/mol. The van der Waals surface area contributed by atoms with Crippen LogP contribution in [0.1, 0.15) is 45.1 Å². The van der Waals surface area contributed by atoms with Gasteiger partial charge in [0.15, 0.2) is 0 Å². The summed E-state index contributed by atoms with van der Waals surface area (Å²) >= 11 is 6.15. The lowest BCUT2D eigenvalue weighted by Crippen LogP contribution is -2.32. The van der Waals surface area contributed by atoms with Crippen LogP contribution in [0.15, 0.2) is 59.7 Å². The third kappa shape index (κ3) is 7.06. The number of hydrogen-bond donors (Lipinski definition) is 1. The molecule has 2 aromatic rings. The van der Waals surface area contributed by atoms with Crippen LogP contribution in [0.25, 0.3) is 0 Å². The summed E-state index contributed by atoms with van der Waals surface area (Å²) in [7, 11) is 0. The van der Waals surface area contributed by atoms with E-state index < -0.39 is 0 Å². The quantitative estimate of drug-likeness (QED) is 0.428. The summed E-state index contributed by atoms with van der Waals surface area (Å²) in [5, 5.41) is 5.22. The first-order valence-electron chi connectivity index (χ1n) is 9.55. The van der Waals surface area contributed by atoms with E-state index >= 15 is 0 Å². The lowest BCUT2D eigenvalue weighted by atomic mass is 10.1. The molecule has 0 aliphatic rings. The summed E-state index contributed by atoms with van der Waals surface area (Å²) in [6.45, 7) is 5.80. The Morgan fingerprint density at radius 1 is 1.00 bits per heavy atom. The summed E-state index contributed by atoms with van der Waals surface area (Å²) < 4.78 is 0. The molecular formula is C22H28ClN3O. The molecule has 2 aromatic carbocycles. The Morgan fingerprint density at radius 3 is 2.33 bits per heavy atom. The van der Waals surface area contributed by atoms with E-state index in [1.807, 2.05) is 59.5 Å². The van der Waals surface area contributed by atoms with Crippen LogP contribution < -0.4 is 5.43 Å². The van der Waals surface area contributed by atoms with Gasteiger partial charge in [0, 0.05) is 31.0 Å². The number of nitrogens with zero attached hydrogens (tertiary/aromatic N) is 2. The maximum Gasteiger partial charge on any atom is 0.222 e. The van der Waals surface area contributed by atoms with Crippen LogP contribution >= 0.6 is 11.6 Å². The van der Waals surface area contributed by atoms with Crippen molar-refractivity contribution in [2.24, 2.45) is 5.10 Å². The first kappa shape index (κ1) is 21.0. The van der Waals surface area contributed by atoms with Gasteiger partial charge in [-0.25, -0.2) is 0 Å². The zero-order chi connectivity index (χ0) is 19.5. The number of nitrogens with one attached hydrogen (secondary N) is 1. The number of hydrogen-bond acceptors (Lipinski definition) is 3. The molecule has 0 bridgehead atoms. The van der Waals surface area contributed by atoms with Crippen LogP contribution in [0, 0.1) is 0 Å². The number of rotatable bonds is 10. The minimum Gasteiger partial charge on any atom is -0.343 e. The molecular weight excluding hydrogens is 358 g/mol. The number of amides is 1. The molecule has 0 heterocycles. The van der Waals surface area contributed by atoms with Gasteiger partial charge in [-0.2, -0.15) is 5.10 Å². The minimum atomic E-state index is 0.174. The number of carbonyl (C=O) groups is 1. The fraction of sp³-hybridized carbons (Fsp3) is 0.364. The Balaban J connectivity index is 2.13. The molecule has 4 nitrogen and oxygen atoms in total. The number of halogens is 1. The molecule has 27 heavy (non-hydrogen) atoms. The van der Waals surface area contributed by atoms with Crippen LogP contribution in [0.3, 0.4) is 0 Å². The number of hydrazone groups is 1. The van der Waals surface area contributed by atoms with Gasteiger partial charge < -0.3 is 4.90 Å². The second-order valence-corrected chi connectivity index (χ2v) is 6.86. The highest BCUT2D eigenvalue weighted by Gasteiger charge is 2.14. The van der Waals surface area contributed by atoms with Crippen LogP contribution in [0.2, 0.25) is 5.02 Å². The van der Waals surface area contributed by atoms with Crippen molar-refractivity contribution in [3.8, 4) is 0 Å². The molecule has 1 amide bonds. The number of benzene rings is 2. The fourth-order valence-electron chi connectivity index (χ4n) is 2.86. The van der Waals surface area contributed by atoms with E-state index in [0.29, 0.717) is 17.9 Å². The standard InChI is InChI=1S/C22H28ClN3O/c1-3-15-26(16-4-2)22(27)14-13-21(18-9-8-10-19(23)17-18)25-24-20-11-6-5-7-12-20/h5-12,17,24H,3-4,13-16H2,1-2H3/b25-21-. The van der Waals surface area contributed by atoms with Crippen LogP contribution in [-0.4, -0.2) is 29.6 Å². The normalized spacial score (nSPS) is 11.3. The maximum atomic E-state index is 12.6. The van der Waals surface area contributed by atoms with Crippen molar-refractivity contribution >= 4 is 28.9 Å². The Bertz CT molecular complexity index is 740. The largest absolute Gasteiger partial charge is 0.343 e. The van der Waals surface area contributed by atoms with Crippen LogP contribution in [0.5, 0.6) is 0 Å². The molecule has 2 rings (SSSR count). The number of anilines is 1. The van der Waals surface area contributed by atoms with Gasteiger partial charge in [0.05, 0.1) is 11.4 Å². The molecule has 0 aliphatic carbocycles. The van der Waals surface area contributed by atoms with E-state index in [1.54, 1.807) is 0 Å². The summed E-state index contributed by atoms with van der Waals surface area (Å²) in [5.74, 6) is 0.174. The van der Waals surface area contributed by atoms with Crippen molar-refractivity contribution in [2.45, 2.75) is 39.5 Å². The Kier molecular flexibility index (Phi) is 8.85. The lowest BCUT2D eigenvalue weighted by Gasteiger charge is -2.21. The molecule has 0 aliphatic heterocycles.